The number of amides is 2. The largest absolute Gasteiger partial charge is 0.491 e. The van der Waals surface area contributed by atoms with Crippen molar-refractivity contribution in [1.82, 2.24) is 14.8 Å². The molecule has 0 aliphatic carbocycles. The third kappa shape index (κ3) is 6.55. The molecule has 1 aromatic heterocycles. The van der Waals surface area contributed by atoms with Crippen LogP contribution in [0, 0.1) is 5.92 Å². The lowest BCUT2D eigenvalue weighted by atomic mass is 10.0. The zero-order valence-electron chi connectivity index (χ0n) is 20.8. The Bertz CT molecular complexity index is 969. The smallest absolute Gasteiger partial charge is 0.257 e. The number of nitrogens with zero attached hydrogens (tertiary/aromatic N) is 3. The van der Waals surface area contributed by atoms with Gasteiger partial charge in [0.1, 0.15) is 12.4 Å². The molecule has 0 saturated carbocycles. The Hall–Kier alpha value is -2.97. The Kier molecular flexibility index (Phi) is 9.01. The van der Waals surface area contributed by atoms with Crippen LogP contribution in [0.25, 0.3) is 0 Å². The normalized spacial score (nSPS) is 22.2. The number of anilines is 1. The summed E-state index contributed by atoms with van der Waals surface area (Å²) in [6.07, 6.45) is 2.03. The van der Waals surface area contributed by atoms with E-state index in [0.717, 1.165) is 12.2 Å². The van der Waals surface area contributed by atoms with Crippen molar-refractivity contribution in [3.05, 3.63) is 53.9 Å². The maximum Gasteiger partial charge on any atom is 0.257 e. The van der Waals surface area contributed by atoms with Crippen LogP contribution in [0.5, 0.6) is 5.75 Å². The SMILES string of the molecule is CCC(=O)Nc1ccc2c(c1)C(=O)N(C)C[C@@H](OC)[C@H](C)CN(Cc1ccccn1)[C@@H](C)CO2. The summed E-state index contributed by atoms with van der Waals surface area (Å²) in [5.41, 5.74) is 1.99. The van der Waals surface area contributed by atoms with Gasteiger partial charge in [-0.25, -0.2) is 0 Å². The van der Waals surface area contributed by atoms with Gasteiger partial charge in [0, 0.05) is 58.1 Å². The molecule has 2 aromatic rings. The number of carbonyl (C=O) groups excluding carboxylic acids is 2. The number of fused-ring (bicyclic) bond motifs is 1. The minimum Gasteiger partial charge on any atom is -0.491 e. The van der Waals surface area contributed by atoms with Crippen LogP contribution in [0.4, 0.5) is 5.69 Å². The molecule has 184 valence electrons. The van der Waals surface area contributed by atoms with E-state index in [1.54, 1.807) is 50.4 Å². The molecule has 0 saturated heterocycles. The Morgan fingerprint density at radius 2 is 2.03 bits per heavy atom. The van der Waals surface area contributed by atoms with Crippen molar-refractivity contribution in [3.63, 3.8) is 0 Å². The number of nitrogens with one attached hydrogen (secondary N) is 1. The average Bonchev–Trinajstić information content (AvgIpc) is 2.85. The third-order valence-electron chi connectivity index (χ3n) is 6.27. The molecule has 1 aliphatic heterocycles. The number of pyridine rings is 1. The molecule has 0 unspecified atom stereocenters. The Balaban J connectivity index is 1.93. The molecule has 8 heteroatoms. The predicted octanol–water partition coefficient (Wildman–Crippen LogP) is 3.44. The van der Waals surface area contributed by atoms with Gasteiger partial charge in [0.2, 0.25) is 5.91 Å². The van der Waals surface area contributed by atoms with Crippen LogP contribution in [0.2, 0.25) is 0 Å². The first kappa shape index (κ1) is 25.6. The fourth-order valence-electron chi connectivity index (χ4n) is 4.10. The molecule has 0 radical (unpaired) electrons. The monoisotopic (exact) mass is 468 g/mol. The molecule has 34 heavy (non-hydrogen) atoms. The minimum absolute atomic E-state index is 0.0709. The molecule has 1 aliphatic rings. The number of hydrogen-bond donors (Lipinski definition) is 1. The summed E-state index contributed by atoms with van der Waals surface area (Å²) in [6, 6.07) is 11.2. The van der Waals surface area contributed by atoms with E-state index in [0.29, 0.717) is 43.1 Å². The van der Waals surface area contributed by atoms with E-state index in [1.165, 1.54) is 0 Å². The maximum absolute atomic E-state index is 13.4. The van der Waals surface area contributed by atoms with Crippen molar-refractivity contribution in [2.24, 2.45) is 5.92 Å². The van der Waals surface area contributed by atoms with Gasteiger partial charge in [-0.15, -0.1) is 0 Å². The lowest BCUT2D eigenvalue weighted by Gasteiger charge is -2.35. The van der Waals surface area contributed by atoms with Crippen LogP contribution >= 0.6 is 0 Å². The first-order valence-corrected chi connectivity index (χ1v) is 11.8. The predicted molar refractivity (Wildman–Crippen MR) is 132 cm³/mol. The van der Waals surface area contributed by atoms with Gasteiger partial charge >= 0.3 is 0 Å². The van der Waals surface area contributed by atoms with E-state index < -0.39 is 0 Å². The molecular weight excluding hydrogens is 432 g/mol. The number of benzene rings is 1. The van der Waals surface area contributed by atoms with Gasteiger partial charge in [0.25, 0.3) is 5.91 Å². The average molecular weight is 469 g/mol. The van der Waals surface area contributed by atoms with E-state index in [1.807, 2.05) is 18.2 Å². The number of ether oxygens (including phenoxy) is 2. The van der Waals surface area contributed by atoms with Crippen molar-refractivity contribution in [2.45, 2.75) is 45.9 Å². The van der Waals surface area contributed by atoms with Gasteiger partial charge in [-0.3, -0.25) is 19.5 Å². The summed E-state index contributed by atoms with van der Waals surface area (Å²) in [5.74, 6) is 0.386. The van der Waals surface area contributed by atoms with Gasteiger partial charge in [-0.05, 0) is 43.2 Å². The molecule has 3 rings (SSSR count). The van der Waals surface area contributed by atoms with Gasteiger partial charge in [-0.1, -0.05) is 19.9 Å². The maximum atomic E-state index is 13.4. The second kappa shape index (κ2) is 11.9. The van der Waals surface area contributed by atoms with Crippen LogP contribution in [-0.4, -0.2) is 72.6 Å². The number of rotatable bonds is 5. The molecule has 2 heterocycles. The standard InChI is InChI=1S/C26H36N4O4/c1-6-25(31)28-20-10-11-23-22(13-20)26(32)29(4)16-24(33-5)18(2)14-30(19(3)17-34-23)15-21-9-7-8-12-27-21/h7-13,18-19,24H,6,14-17H2,1-5H3,(H,28,31)/t18-,19+,24-/m1/s1. The number of hydrogen-bond acceptors (Lipinski definition) is 6. The van der Waals surface area contributed by atoms with E-state index in [2.05, 4.69) is 29.0 Å². The van der Waals surface area contributed by atoms with Crippen molar-refractivity contribution in [3.8, 4) is 5.75 Å². The molecule has 8 nitrogen and oxygen atoms in total. The zero-order valence-corrected chi connectivity index (χ0v) is 20.8. The lowest BCUT2D eigenvalue weighted by molar-refractivity contribution is -0.115. The van der Waals surface area contributed by atoms with Crippen molar-refractivity contribution >= 4 is 17.5 Å². The zero-order chi connectivity index (χ0) is 24.7. The minimum atomic E-state index is -0.171. The van der Waals surface area contributed by atoms with Crippen LogP contribution in [0.15, 0.2) is 42.6 Å². The van der Waals surface area contributed by atoms with Crippen LogP contribution < -0.4 is 10.1 Å². The summed E-state index contributed by atoms with van der Waals surface area (Å²) in [4.78, 5) is 33.8. The summed E-state index contributed by atoms with van der Waals surface area (Å²) in [5, 5.41) is 2.83. The van der Waals surface area contributed by atoms with Gasteiger partial charge in [-0.2, -0.15) is 0 Å². The number of likely N-dealkylation sites (N-methyl/N-ethyl adjacent to an activating group) is 1. The van der Waals surface area contributed by atoms with E-state index >= 15 is 0 Å². The molecule has 0 bridgehead atoms. The molecule has 3 atom stereocenters. The highest BCUT2D eigenvalue weighted by atomic mass is 16.5. The quantitative estimate of drug-likeness (QED) is 0.724. The summed E-state index contributed by atoms with van der Waals surface area (Å²) in [6.45, 7) is 8.35. The Morgan fingerprint density at radius 3 is 2.71 bits per heavy atom. The Morgan fingerprint density at radius 1 is 1.24 bits per heavy atom. The molecule has 1 N–H and O–H groups in total. The first-order chi connectivity index (χ1) is 16.3. The first-order valence-electron chi connectivity index (χ1n) is 11.8. The highest BCUT2D eigenvalue weighted by molar-refractivity contribution is 5.99. The third-order valence-corrected chi connectivity index (χ3v) is 6.27. The second-order valence-corrected chi connectivity index (χ2v) is 8.96. The van der Waals surface area contributed by atoms with Crippen LogP contribution in [-0.2, 0) is 16.1 Å². The fraction of sp³-hybridized carbons (Fsp3) is 0.500. The molecule has 1 aromatic carbocycles. The topological polar surface area (TPSA) is 84.0 Å². The number of methoxy groups -OCH3 is 1. The van der Waals surface area contributed by atoms with Gasteiger partial charge in [0.15, 0.2) is 0 Å². The molecule has 0 fully saturated rings. The van der Waals surface area contributed by atoms with Gasteiger partial charge in [0.05, 0.1) is 17.4 Å². The Labute approximate surface area is 202 Å². The molecule has 0 spiro atoms. The summed E-state index contributed by atoms with van der Waals surface area (Å²) in [7, 11) is 3.45. The second-order valence-electron chi connectivity index (χ2n) is 8.96. The lowest BCUT2D eigenvalue weighted by Crippen LogP contribution is -2.46. The molecule has 2 amide bonds. The van der Waals surface area contributed by atoms with E-state index in [-0.39, 0.29) is 29.9 Å². The summed E-state index contributed by atoms with van der Waals surface area (Å²) < 4.78 is 12.0. The van der Waals surface area contributed by atoms with Crippen LogP contribution in [0.3, 0.4) is 0 Å². The van der Waals surface area contributed by atoms with Crippen molar-refractivity contribution in [2.75, 3.05) is 39.2 Å². The highest BCUT2D eigenvalue weighted by Crippen LogP contribution is 2.27. The summed E-state index contributed by atoms with van der Waals surface area (Å²) >= 11 is 0. The fourth-order valence-corrected chi connectivity index (χ4v) is 4.10. The highest BCUT2D eigenvalue weighted by Gasteiger charge is 2.28. The van der Waals surface area contributed by atoms with Gasteiger partial charge < -0.3 is 19.7 Å². The van der Waals surface area contributed by atoms with E-state index in [4.69, 9.17) is 9.47 Å². The van der Waals surface area contributed by atoms with Crippen LogP contribution in [0.1, 0.15) is 43.2 Å². The number of aromatic nitrogens is 1. The van der Waals surface area contributed by atoms with Crippen molar-refractivity contribution < 1.29 is 19.1 Å². The number of carbonyl (C=O) groups is 2. The van der Waals surface area contributed by atoms with Crippen molar-refractivity contribution in [1.29, 1.82) is 0 Å². The van der Waals surface area contributed by atoms with E-state index in [9.17, 15) is 9.59 Å². The molecular formula is C26H36N4O4.